The summed E-state index contributed by atoms with van der Waals surface area (Å²) in [5.74, 6) is -2.43. The van der Waals surface area contributed by atoms with E-state index in [4.69, 9.17) is 0 Å². The Hall–Kier alpha value is -1.88. The molecule has 0 aliphatic heterocycles. The van der Waals surface area contributed by atoms with Crippen molar-refractivity contribution in [3.8, 4) is 0 Å². The van der Waals surface area contributed by atoms with Crippen molar-refractivity contribution >= 4 is 0 Å². The number of aliphatic hydroxyl groups is 1. The van der Waals surface area contributed by atoms with Crippen LogP contribution in [0.1, 0.15) is 23.6 Å². The highest BCUT2D eigenvalue weighted by molar-refractivity contribution is 5.38. The van der Waals surface area contributed by atoms with Crippen LogP contribution < -0.4 is 0 Å². The fraction of sp³-hybridized carbons (Fsp3) is 0.214. The van der Waals surface area contributed by atoms with Crippen molar-refractivity contribution in [2.24, 2.45) is 0 Å². The summed E-state index contributed by atoms with van der Waals surface area (Å²) >= 11 is 0. The monoisotopic (exact) mass is 267 g/mol. The van der Waals surface area contributed by atoms with Crippen molar-refractivity contribution in [3.05, 3.63) is 64.7 Å². The van der Waals surface area contributed by atoms with Crippen molar-refractivity contribution < 1.29 is 18.3 Å². The number of halogens is 3. The van der Waals surface area contributed by atoms with Gasteiger partial charge in [0.25, 0.3) is 0 Å². The second kappa shape index (κ2) is 4.66. The van der Waals surface area contributed by atoms with E-state index in [1.54, 1.807) is 0 Å². The van der Waals surface area contributed by atoms with E-state index in [2.05, 4.69) is 4.98 Å². The van der Waals surface area contributed by atoms with Gasteiger partial charge in [-0.05, 0) is 31.5 Å². The molecule has 1 aromatic carbocycles. The maximum absolute atomic E-state index is 14.0. The summed E-state index contributed by atoms with van der Waals surface area (Å²) < 4.78 is 41.0. The number of benzene rings is 1. The molecule has 0 amide bonds. The van der Waals surface area contributed by atoms with Gasteiger partial charge in [-0.25, -0.2) is 13.2 Å². The van der Waals surface area contributed by atoms with E-state index < -0.39 is 28.6 Å². The lowest BCUT2D eigenvalue weighted by Gasteiger charge is -2.25. The molecule has 1 heterocycles. The normalized spacial score (nSPS) is 14.2. The summed E-state index contributed by atoms with van der Waals surface area (Å²) in [6.45, 7) is 2.66. The van der Waals surface area contributed by atoms with Gasteiger partial charge in [-0.2, -0.15) is 0 Å². The molecule has 0 saturated heterocycles. The Bertz CT molecular complexity index is 626. The van der Waals surface area contributed by atoms with Crippen molar-refractivity contribution in [2.75, 3.05) is 0 Å². The maximum atomic E-state index is 14.0. The number of nitrogens with zero attached hydrogens (tertiary/aromatic N) is 1. The van der Waals surface area contributed by atoms with Gasteiger partial charge >= 0.3 is 0 Å². The lowest BCUT2D eigenvalue weighted by atomic mass is 9.87. The maximum Gasteiger partial charge on any atom is 0.141 e. The summed E-state index contributed by atoms with van der Waals surface area (Å²) in [6.07, 6.45) is 2.12. The lowest BCUT2D eigenvalue weighted by molar-refractivity contribution is 0.0924. The predicted octanol–water partition coefficient (Wildman–Crippen LogP) is 3.06. The fourth-order valence-electron chi connectivity index (χ4n) is 1.93. The van der Waals surface area contributed by atoms with E-state index in [0.29, 0.717) is 0 Å². The number of hydrogen-bond acceptors (Lipinski definition) is 2. The van der Waals surface area contributed by atoms with Gasteiger partial charge in [0.2, 0.25) is 0 Å². The summed E-state index contributed by atoms with van der Waals surface area (Å²) in [6, 6.07) is 3.33. The molecule has 100 valence electrons. The van der Waals surface area contributed by atoms with Gasteiger partial charge in [-0.3, -0.25) is 4.98 Å². The molecule has 0 aliphatic rings. The van der Waals surface area contributed by atoms with Crippen molar-refractivity contribution in [2.45, 2.75) is 19.4 Å². The third kappa shape index (κ3) is 2.33. The molecule has 2 aromatic rings. The molecular formula is C14H12F3NO. The van der Waals surface area contributed by atoms with Crippen LogP contribution in [-0.4, -0.2) is 10.1 Å². The van der Waals surface area contributed by atoms with E-state index in [1.165, 1.54) is 26.1 Å². The zero-order valence-corrected chi connectivity index (χ0v) is 10.4. The molecule has 0 aliphatic carbocycles. The molecule has 2 nitrogen and oxygen atoms in total. The van der Waals surface area contributed by atoms with Crippen LogP contribution in [0.3, 0.4) is 0 Å². The third-order valence-electron chi connectivity index (χ3n) is 3.04. The topological polar surface area (TPSA) is 33.1 Å². The van der Waals surface area contributed by atoms with Crippen molar-refractivity contribution in [1.29, 1.82) is 0 Å². The van der Waals surface area contributed by atoms with Gasteiger partial charge < -0.3 is 5.11 Å². The number of hydrogen-bond donors (Lipinski definition) is 1. The Labute approximate surface area is 108 Å². The van der Waals surface area contributed by atoms with Crippen LogP contribution in [0.15, 0.2) is 30.6 Å². The first-order chi connectivity index (χ1) is 8.84. The van der Waals surface area contributed by atoms with Gasteiger partial charge in [-0.1, -0.05) is 6.07 Å². The molecule has 1 aromatic heterocycles. The first-order valence-corrected chi connectivity index (χ1v) is 5.62. The zero-order chi connectivity index (χ0) is 14.2. The molecule has 0 radical (unpaired) electrons. The minimum absolute atomic E-state index is 0.0177. The van der Waals surface area contributed by atoms with Crippen LogP contribution in [0.2, 0.25) is 0 Å². The average Bonchev–Trinajstić information content (AvgIpc) is 2.34. The molecule has 0 saturated carbocycles. The molecule has 2 rings (SSSR count). The van der Waals surface area contributed by atoms with Crippen LogP contribution >= 0.6 is 0 Å². The highest BCUT2D eigenvalue weighted by atomic mass is 19.1. The molecular weight excluding hydrogens is 255 g/mol. The van der Waals surface area contributed by atoms with Gasteiger partial charge in [0.1, 0.15) is 23.1 Å². The Morgan fingerprint density at radius 3 is 2.47 bits per heavy atom. The summed E-state index contributed by atoms with van der Waals surface area (Å²) in [7, 11) is 0. The SMILES string of the molecule is Cc1ccc(F)c(C(C)(O)c2cncc(F)c2)c1F. The van der Waals surface area contributed by atoms with Gasteiger partial charge in [-0.15, -0.1) is 0 Å². The highest BCUT2D eigenvalue weighted by Crippen LogP contribution is 2.33. The minimum atomic E-state index is -2.00. The van der Waals surface area contributed by atoms with Crippen LogP contribution in [0.4, 0.5) is 13.2 Å². The molecule has 19 heavy (non-hydrogen) atoms. The van der Waals surface area contributed by atoms with Crippen molar-refractivity contribution in [3.63, 3.8) is 0 Å². The standard InChI is InChI=1S/C14H12F3NO/c1-8-3-4-11(16)12(13(8)17)14(2,19)9-5-10(15)7-18-6-9/h3-7,19H,1-2H3. The number of pyridine rings is 1. The Morgan fingerprint density at radius 1 is 1.16 bits per heavy atom. The first kappa shape index (κ1) is 13.5. The molecule has 0 fully saturated rings. The third-order valence-corrected chi connectivity index (χ3v) is 3.04. The molecule has 1 N–H and O–H groups in total. The van der Waals surface area contributed by atoms with E-state index in [0.717, 1.165) is 18.3 Å². The van der Waals surface area contributed by atoms with E-state index in [9.17, 15) is 18.3 Å². The Kier molecular flexibility index (Phi) is 3.32. The summed E-state index contributed by atoms with van der Waals surface area (Å²) in [4.78, 5) is 3.58. The summed E-state index contributed by atoms with van der Waals surface area (Å²) in [5, 5.41) is 10.4. The van der Waals surface area contributed by atoms with E-state index in [1.807, 2.05) is 0 Å². The molecule has 1 unspecified atom stereocenters. The van der Waals surface area contributed by atoms with E-state index >= 15 is 0 Å². The quantitative estimate of drug-likeness (QED) is 0.907. The van der Waals surface area contributed by atoms with Crippen molar-refractivity contribution in [1.82, 2.24) is 4.98 Å². The molecule has 1 atom stereocenters. The van der Waals surface area contributed by atoms with Gasteiger partial charge in [0, 0.05) is 11.8 Å². The first-order valence-electron chi connectivity index (χ1n) is 5.62. The number of aryl methyl sites for hydroxylation is 1. The number of rotatable bonds is 2. The van der Waals surface area contributed by atoms with Gasteiger partial charge in [0.05, 0.1) is 11.8 Å². The molecule has 5 heteroatoms. The van der Waals surface area contributed by atoms with Crippen LogP contribution in [0.25, 0.3) is 0 Å². The molecule has 0 bridgehead atoms. The highest BCUT2D eigenvalue weighted by Gasteiger charge is 2.33. The Morgan fingerprint density at radius 2 is 1.84 bits per heavy atom. The zero-order valence-electron chi connectivity index (χ0n) is 10.4. The van der Waals surface area contributed by atoms with Crippen LogP contribution in [-0.2, 0) is 5.60 Å². The summed E-state index contributed by atoms with van der Waals surface area (Å²) in [5.41, 5.74) is -2.34. The smallest absolute Gasteiger partial charge is 0.141 e. The largest absolute Gasteiger partial charge is 0.380 e. The van der Waals surface area contributed by atoms with E-state index in [-0.39, 0.29) is 11.1 Å². The van der Waals surface area contributed by atoms with Gasteiger partial charge in [0.15, 0.2) is 0 Å². The second-order valence-electron chi connectivity index (χ2n) is 4.52. The number of aromatic nitrogens is 1. The fourth-order valence-corrected chi connectivity index (χ4v) is 1.93. The second-order valence-corrected chi connectivity index (χ2v) is 4.52. The van der Waals surface area contributed by atoms with Crippen LogP contribution in [0, 0.1) is 24.4 Å². The average molecular weight is 267 g/mol. The minimum Gasteiger partial charge on any atom is -0.380 e. The predicted molar refractivity (Wildman–Crippen MR) is 64.0 cm³/mol. The molecule has 0 spiro atoms. The van der Waals surface area contributed by atoms with Crippen LogP contribution in [0.5, 0.6) is 0 Å². The lowest BCUT2D eigenvalue weighted by Crippen LogP contribution is -2.26. The Balaban J connectivity index is 2.66.